The van der Waals surface area contributed by atoms with Gasteiger partial charge < -0.3 is 10.1 Å². The third-order valence-electron chi connectivity index (χ3n) is 2.94. The maximum atomic E-state index is 11.8. The zero-order valence-corrected chi connectivity index (χ0v) is 13.7. The number of methoxy groups -OCH3 is 1. The number of ether oxygens (including phenoxy) is 1. The summed E-state index contributed by atoms with van der Waals surface area (Å²) in [4.78, 5) is 27.2. The van der Waals surface area contributed by atoms with E-state index in [-0.39, 0.29) is 0 Å². The minimum Gasteiger partial charge on any atom is -0.497 e. The Balaban J connectivity index is 2.01. The largest absolute Gasteiger partial charge is 0.497 e. The van der Waals surface area contributed by atoms with Crippen molar-refractivity contribution in [2.45, 2.75) is 17.3 Å². The normalized spacial score (nSPS) is 11.6. The molecule has 2 rings (SSSR count). The molecule has 1 aromatic heterocycles. The van der Waals surface area contributed by atoms with Crippen molar-refractivity contribution in [2.24, 2.45) is 0 Å². The number of carbonyl (C=O) groups excluding carboxylic acids is 2. The van der Waals surface area contributed by atoms with Crippen LogP contribution in [0, 0.1) is 0 Å². The Morgan fingerprint density at radius 1 is 1.30 bits per heavy atom. The number of benzene rings is 1. The first-order valence-electron chi connectivity index (χ1n) is 6.79. The molecule has 0 fully saturated rings. The van der Waals surface area contributed by atoms with Crippen LogP contribution in [0.1, 0.15) is 6.92 Å². The van der Waals surface area contributed by atoms with E-state index in [0.29, 0.717) is 11.0 Å². The molecule has 122 valence electrons. The Bertz CT molecular complexity index is 686. The molecule has 8 nitrogen and oxygen atoms in total. The Labute approximate surface area is 137 Å². The lowest BCUT2D eigenvalue weighted by atomic mass is 10.2. The highest BCUT2D eigenvalue weighted by molar-refractivity contribution is 8.00. The number of thioether (sulfide) groups is 1. The highest BCUT2D eigenvalue weighted by atomic mass is 32.2. The number of H-pyrrole nitrogens is 1. The van der Waals surface area contributed by atoms with Crippen molar-refractivity contribution >= 4 is 23.7 Å². The van der Waals surface area contributed by atoms with Gasteiger partial charge in [0.2, 0.25) is 11.1 Å². The molecule has 0 radical (unpaired) electrons. The molecule has 2 aromatic rings. The first kappa shape index (κ1) is 16.8. The van der Waals surface area contributed by atoms with Crippen molar-refractivity contribution in [3.63, 3.8) is 0 Å². The van der Waals surface area contributed by atoms with Gasteiger partial charge in [-0.1, -0.05) is 11.8 Å². The summed E-state index contributed by atoms with van der Waals surface area (Å²) in [5.41, 5.74) is 0.854. The summed E-state index contributed by atoms with van der Waals surface area (Å²) in [5, 5.41) is 11.3. The number of carbonyl (C=O) groups is 2. The number of nitrogens with zero attached hydrogens (tertiary/aromatic N) is 2. The zero-order valence-electron chi connectivity index (χ0n) is 12.9. The van der Waals surface area contributed by atoms with Crippen LogP contribution in [-0.2, 0) is 4.79 Å². The molecule has 9 heteroatoms. The van der Waals surface area contributed by atoms with Gasteiger partial charge in [-0.15, -0.1) is 5.10 Å². The Hall–Kier alpha value is -2.55. The second-order valence-electron chi connectivity index (χ2n) is 4.52. The molecule has 3 amide bonds. The number of hydrogen-bond acceptors (Lipinski definition) is 6. The van der Waals surface area contributed by atoms with Crippen LogP contribution in [0.5, 0.6) is 5.75 Å². The fourth-order valence-electron chi connectivity index (χ4n) is 1.66. The molecule has 3 N–H and O–H groups in total. The first-order chi connectivity index (χ1) is 11.0. The number of amides is 3. The summed E-state index contributed by atoms with van der Waals surface area (Å²) < 4.78 is 5.10. The van der Waals surface area contributed by atoms with Crippen LogP contribution in [0.15, 0.2) is 29.4 Å². The quantitative estimate of drug-likeness (QED) is 0.713. The van der Waals surface area contributed by atoms with Gasteiger partial charge >= 0.3 is 6.03 Å². The smallest absolute Gasteiger partial charge is 0.321 e. The van der Waals surface area contributed by atoms with E-state index in [1.165, 1.54) is 7.05 Å². The third kappa shape index (κ3) is 4.46. The van der Waals surface area contributed by atoms with Gasteiger partial charge in [-0.05, 0) is 31.2 Å². The lowest BCUT2D eigenvalue weighted by Crippen LogP contribution is -2.41. The Morgan fingerprint density at radius 2 is 2.00 bits per heavy atom. The van der Waals surface area contributed by atoms with Crippen LogP contribution in [0.4, 0.5) is 4.79 Å². The summed E-state index contributed by atoms with van der Waals surface area (Å²) in [7, 11) is 3.04. The SMILES string of the molecule is CNC(=O)NC(=O)[C@H](C)Sc1n[nH]c(-c2ccc(OC)cc2)n1. The Kier molecular flexibility index (Phi) is 5.58. The fraction of sp³-hybridized carbons (Fsp3) is 0.286. The molecule has 0 saturated carbocycles. The summed E-state index contributed by atoms with van der Waals surface area (Å²) in [5.74, 6) is 0.932. The number of aromatic nitrogens is 3. The number of rotatable bonds is 5. The lowest BCUT2D eigenvalue weighted by molar-refractivity contribution is -0.119. The predicted molar refractivity (Wildman–Crippen MR) is 86.3 cm³/mol. The van der Waals surface area contributed by atoms with E-state index in [4.69, 9.17) is 4.74 Å². The second-order valence-corrected chi connectivity index (χ2v) is 5.83. The molecular weight excluding hydrogens is 318 g/mol. The predicted octanol–water partition coefficient (Wildman–Crippen LogP) is 1.42. The minimum atomic E-state index is -0.545. The topological polar surface area (TPSA) is 109 Å². The van der Waals surface area contributed by atoms with Gasteiger partial charge in [0.25, 0.3) is 0 Å². The van der Waals surface area contributed by atoms with E-state index in [9.17, 15) is 9.59 Å². The van der Waals surface area contributed by atoms with Crippen molar-refractivity contribution in [2.75, 3.05) is 14.2 Å². The van der Waals surface area contributed by atoms with Gasteiger partial charge in [-0.2, -0.15) is 0 Å². The summed E-state index contributed by atoms with van der Waals surface area (Å²) >= 11 is 1.16. The average molecular weight is 335 g/mol. The molecule has 0 unspecified atom stereocenters. The van der Waals surface area contributed by atoms with E-state index < -0.39 is 17.2 Å². The van der Waals surface area contributed by atoms with Gasteiger partial charge in [0.1, 0.15) is 5.75 Å². The summed E-state index contributed by atoms with van der Waals surface area (Å²) in [6.45, 7) is 1.67. The van der Waals surface area contributed by atoms with E-state index in [1.54, 1.807) is 14.0 Å². The number of aromatic amines is 1. The minimum absolute atomic E-state index is 0.412. The molecule has 1 aromatic carbocycles. The number of hydrogen-bond donors (Lipinski definition) is 3. The van der Waals surface area contributed by atoms with Crippen LogP contribution in [-0.4, -0.2) is 46.5 Å². The zero-order chi connectivity index (χ0) is 16.8. The molecule has 1 atom stereocenters. The van der Waals surface area contributed by atoms with Crippen LogP contribution >= 0.6 is 11.8 Å². The van der Waals surface area contributed by atoms with E-state index >= 15 is 0 Å². The number of nitrogens with one attached hydrogen (secondary N) is 3. The molecule has 1 heterocycles. The van der Waals surface area contributed by atoms with Gasteiger partial charge in [-0.3, -0.25) is 15.2 Å². The molecule has 0 bridgehead atoms. The first-order valence-corrected chi connectivity index (χ1v) is 7.67. The summed E-state index contributed by atoms with van der Waals surface area (Å²) in [6, 6.07) is 6.82. The van der Waals surface area contributed by atoms with Gasteiger partial charge in [0, 0.05) is 12.6 Å². The lowest BCUT2D eigenvalue weighted by Gasteiger charge is -2.08. The highest BCUT2D eigenvalue weighted by Crippen LogP contribution is 2.24. The van der Waals surface area contributed by atoms with Crippen LogP contribution in [0.25, 0.3) is 11.4 Å². The van der Waals surface area contributed by atoms with E-state index in [2.05, 4.69) is 25.8 Å². The van der Waals surface area contributed by atoms with Crippen molar-refractivity contribution in [3.8, 4) is 17.1 Å². The number of urea groups is 1. The molecule has 0 aliphatic rings. The maximum absolute atomic E-state index is 11.8. The molecular formula is C14H17N5O3S. The van der Waals surface area contributed by atoms with Crippen molar-refractivity contribution < 1.29 is 14.3 Å². The number of imide groups is 1. The van der Waals surface area contributed by atoms with Gasteiger partial charge in [0.05, 0.1) is 12.4 Å². The molecule has 0 saturated heterocycles. The average Bonchev–Trinajstić information content (AvgIpc) is 3.03. The van der Waals surface area contributed by atoms with Crippen molar-refractivity contribution in [1.82, 2.24) is 25.8 Å². The van der Waals surface area contributed by atoms with Gasteiger partial charge in [0.15, 0.2) is 5.82 Å². The maximum Gasteiger partial charge on any atom is 0.321 e. The van der Waals surface area contributed by atoms with Crippen LogP contribution in [0.2, 0.25) is 0 Å². The molecule has 23 heavy (non-hydrogen) atoms. The molecule has 0 spiro atoms. The van der Waals surface area contributed by atoms with Crippen LogP contribution < -0.4 is 15.4 Å². The third-order valence-corrected chi connectivity index (χ3v) is 3.90. The monoisotopic (exact) mass is 335 g/mol. The molecule has 0 aliphatic heterocycles. The van der Waals surface area contributed by atoms with E-state index in [0.717, 1.165) is 23.1 Å². The van der Waals surface area contributed by atoms with Crippen LogP contribution in [0.3, 0.4) is 0 Å². The summed E-state index contributed by atoms with van der Waals surface area (Å²) in [6.07, 6.45) is 0. The van der Waals surface area contributed by atoms with Gasteiger partial charge in [-0.25, -0.2) is 9.78 Å². The fourth-order valence-corrected chi connectivity index (χ4v) is 2.39. The second kappa shape index (κ2) is 7.63. The standard InChI is InChI=1S/C14H17N5O3S/c1-8(12(20)17-13(21)15-2)23-14-16-11(18-19-14)9-4-6-10(22-3)7-5-9/h4-8H,1-3H3,(H,16,18,19)(H2,15,17,20,21)/t8-/m0/s1. The van der Waals surface area contributed by atoms with Crippen molar-refractivity contribution in [1.29, 1.82) is 0 Å². The molecule has 0 aliphatic carbocycles. The van der Waals surface area contributed by atoms with Crippen molar-refractivity contribution in [3.05, 3.63) is 24.3 Å². The highest BCUT2D eigenvalue weighted by Gasteiger charge is 2.19. The van der Waals surface area contributed by atoms with E-state index in [1.807, 2.05) is 24.3 Å². The Morgan fingerprint density at radius 3 is 2.61 bits per heavy atom.